The summed E-state index contributed by atoms with van der Waals surface area (Å²) in [5.74, 6) is 0.551. The molecule has 0 atom stereocenters. The van der Waals surface area contributed by atoms with Crippen LogP contribution in [0.2, 0.25) is 0 Å². The van der Waals surface area contributed by atoms with Gasteiger partial charge in [-0.05, 0) is 57.6 Å². The molecule has 0 saturated carbocycles. The van der Waals surface area contributed by atoms with Gasteiger partial charge in [-0.2, -0.15) is 0 Å². The van der Waals surface area contributed by atoms with Gasteiger partial charge in [-0.1, -0.05) is 116 Å². The number of nitrogens with one attached hydrogen (secondary N) is 1. The van der Waals surface area contributed by atoms with E-state index < -0.39 is 0 Å². The summed E-state index contributed by atoms with van der Waals surface area (Å²) in [7, 11) is 0. The summed E-state index contributed by atoms with van der Waals surface area (Å²) < 4.78 is 2.07. The Morgan fingerprint density at radius 3 is 1.89 bits per heavy atom. The third-order valence-electron chi connectivity index (χ3n) is 6.88. The Labute approximate surface area is 218 Å². The Morgan fingerprint density at radius 2 is 1.17 bits per heavy atom. The minimum Gasteiger partial charge on any atom is -0.355 e. The fourth-order valence-corrected chi connectivity index (χ4v) is 5.31. The van der Waals surface area contributed by atoms with Gasteiger partial charge in [-0.15, -0.1) is 0 Å². The van der Waals surface area contributed by atoms with Gasteiger partial charge in [0, 0.05) is 35.9 Å². The van der Waals surface area contributed by atoms with Crippen LogP contribution < -0.4 is 5.32 Å². The maximum Gasteiger partial charge on any atom is 0.0463 e. The molecule has 1 N–H and O–H groups in total. The summed E-state index contributed by atoms with van der Waals surface area (Å²) in [4.78, 5) is 0. The summed E-state index contributed by atoms with van der Waals surface area (Å²) in [6.07, 6.45) is 0. The average molecular weight is 485 g/mol. The van der Waals surface area contributed by atoms with Crippen LogP contribution in [-0.2, 0) is 0 Å². The third-order valence-corrected chi connectivity index (χ3v) is 7.21. The van der Waals surface area contributed by atoms with Crippen LogP contribution in [0.3, 0.4) is 0 Å². The number of nitrogens with zero attached hydrogens (tertiary/aromatic N) is 1. The van der Waals surface area contributed by atoms with E-state index in [4.69, 9.17) is 0 Å². The highest BCUT2D eigenvalue weighted by Crippen LogP contribution is 2.36. The van der Waals surface area contributed by atoms with Crippen molar-refractivity contribution in [3.63, 3.8) is 0 Å². The van der Waals surface area contributed by atoms with Gasteiger partial charge in [-0.3, -0.25) is 4.31 Å². The number of hydrogen-bond donors (Lipinski definition) is 2. The molecular formula is C33H28N2S. The number of hydrogen-bond acceptors (Lipinski definition) is 3. The summed E-state index contributed by atoms with van der Waals surface area (Å²) >= 11 is 4.46. The summed E-state index contributed by atoms with van der Waals surface area (Å²) in [5, 5.41) is 3.74. The van der Waals surface area contributed by atoms with Crippen LogP contribution in [0.25, 0.3) is 33.4 Å². The lowest BCUT2D eigenvalue weighted by atomic mass is 9.90. The highest BCUT2D eigenvalue weighted by Gasteiger charge is 2.25. The second kappa shape index (κ2) is 10.1. The van der Waals surface area contributed by atoms with Crippen LogP contribution in [0.15, 0.2) is 127 Å². The molecule has 176 valence electrons. The van der Waals surface area contributed by atoms with Crippen molar-refractivity contribution in [1.82, 2.24) is 4.31 Å². The van der Waals surface area contributed by atoms with Crippen LogP contribution in [0, 0.1) is 0 Å². The van der Waals surface area contributed by atoms with Gasteiger partial charge in [0.15, 0.2) is 0 Å². The first kappa shape index (κ1) is 22.7. The lowest BCUT2D eigenvalue weighted by Crippen LogP contribution is -2.38. The molecule has 1 aliphatic rings. The van der Waals surface area contributed by atoms with Crippen molar-refractivity contribution in [2.24, 2.45) is 0 Å². The van der Waals surface area contributed by atoms with Crippen LogP contribution >= 0.6 is 12.8 Å². The Hall–Kier alpha value is -3.79. The van der Waals surface area contributed by atoms with Crippen molar-refractivity contribution in [2.45, 2.75) is 5.92 Å². The predicted molar refractivity (Wildman–Crippen MR) is 156 cm³/mol. The van der Waals surface area contributed by atoms with Crippen molar-refractivity contribution in [3.05, 3.63) is 133 Å². The van der Waals surface area contributed by atoms with Gasteiger partial charge in [0.05, 0.1) is 0 Å². The van der Waals surface area contributed by atoms with Crippen molar-refractivity contribution in [2.75, 3.05) is 18.4 Å². The molecule has 0 aromatic heterocycles. The zero-order valence-electron chi connectivity index (χ0n) is 20.0. The van der Waals surface area contributed by atoms with Gasteiger partial charge in [0.1, 0.15) is 0 Å². The Kier molecular flexibility index (Phi) is 6.33. The van der Waals surface area contributed by atoms with Crippen molar-refractivity contribution < 1.29 is 0 Å². The maximum absolute atomic E-state index is 4.46. The van der Waals surface area contributed by atoms with E-state index in [1.807, 2.05) is 0 Å². The van der Waals surface area contributed by atoms with E-state index >= 15 is 0 Å². The number of anilines is 2. The third kappa shape index (κ3) is 4.81. The van der Waals surface area contributed by atoms with Crippen molar-refractivity contribution in [3.8, 4) is 33.4 Å². The highest BCUT2D eigenvalue weighted by atomic mass is 32.1. The fraction of sp³-hybridized carbons (Fsp3) is 0.0909. The van der Waals surface area contributed by atoms with Crippen LogP contribution in [0.1, 0.15) is 11.5 Å². The maximum atomic E-state index is 4.46. The van der Waals surface area contributed by atoms with Gasteiger partial charge < -0.3 is 5.32 Å². The van der Waals surface area contributed by atoms with Gasteiger partial charge >= 0.3 is 0 Å². The second-order valence-corrected chi connectivity index (χ2v) is 9.96. The highest BCUT2D eigenvalue weighted by molar-refractivity contribution is 7.77. The molecule has 6 rings (SSSR count). The monoisotopic (exact) mass is 484 g/mol. The molecular weight excluding hydrogens is 456 g/mol. The number of rotatable bonds is 6. The van der Waals surface area contributed by atoms with Crippen LogP contribution in [-0.4, -0.2) is 17.4 Å². The van der Waals surface area contributed by atoms with E-state index in [2.05, 4.69) is 150 Å². The van der Waals surface area contributed by atoms with E-state index in [0.717, 1.165) is 24.5 Å². The largest absolute Gasteiger partial charge is 0.355 e. The standard InChI is InChI=1S/C33H28N2S/c36-35-22-30(23-35)27-15-9-14-26(18-27)29-19-28(24-10-3-1-4-11-24)20-31(21-29)34-33-17-8-7-16-32(33)25-12-5-2-6-13-25/h1-21,30,34,36H,22-23H2. The Bertz CT molecular complexity index is 1470. The minimum absolute atomic E-state index is 0.551. The van der Waals surface area contributed by atoms with E-state index in [1.54, 1.807) is 0 Å². The van der Waals surface area contributed by atoms with Gasteiger partial charge in [-0.25, -0.2) is 0 Å². The zero-order valence-corrected chi connectivity index (χ0v) is 20.9. The summed E-state index contributed by atoms with van der Waals surface area (Å²) in [6, 6.07) is 45.4. The van der Waals surface area contributed by atoms with E-state index in [9.17, 15) is 0 Å². The number of benzene rings is 5. The molecule has 36 heavy (non-hydrogen) atoms. The molecule has 2 nitrogen and oxygen atoms in total. The van der Waals surface area contributed by atoms with Gasteiger partial charge in [0.25, 0.3) is 0 Å². The molecule has 1 heterocycles. The second-order valence-electron chi connectivity index (χ2n) is 9.40. The molecule has 0 unspecified atom stereocenters. The lowest BCUT2D eigenvalue weighted by molar-refractivity contribution is 0.295. The molecule has 0 spiro atoms. The first-order chi connectivity index (χ1) is 17.7. The number of thiol groups is 1. The van der Waals surface area contributed by atoms with Crippen LogP contribution in [0.4, 0.5) is 11.4 Å². The zero-order chi connectivity index (χ0) is 24.3. The normalized spacial score (nSPS) is 13.8. The first-order valence-corrected chi connectivity index (χ1v) is 12.8. The molecule has 5 aromatic carbocycles. The minimum atomic E-state index is 0.551. The average Bonchev–Trinajstić information content (AvgIpc) is 2.92. The number of para-hydroxylation sites is 1. The van der Waals surface area contributed by atoms with Crippen molar-refractivity contribution >= 4 is 24.2 Å². The Morgan fingerprint density at radius 1 is 0.556 bits per heavy atom. The molecule has 5 aromatic rings. The molecule has 0 bridgehead atoms. The van der Waals surface area contributed by atoms with E-state index in [1.165, 1.54) is 38.9 Å². The molecule has 3 heteroatoms. The van der Waals surface area contributed by atoms with Gasteiger partial charge in [0.2, 0.25) is 0 Å². The summed E-state index contributed by atoms with van der Waals surface area (Å²) in [6.45, 7) is 2.00. The van der Waals surface area contributed by atoms with Crippen LogP contribution in [0.5, 0.6) is 0 Å². The topological polar surface area (TPSA) is 15.3 Å². The van der Waals surface area contributed by atoms with E-state index in [0.29, 0.717) is 5.92 Å². The smallest absolute Gasteiger partial charge is 0.0463 e. The SMILES string of the molecule is SN1CC(c2cccc(-c3cc(Nc4ccccc4-c4ccccc4)cc(-c4ccccc4)c3)c2)C1. The lowest BCUT2D eigenvalue weighted by Gasteiger charge is -2.35. The molecule has 1 aliphatic heterocycles. The van der Waals surface area contributed by atoms with Crippen molar-refractivity contribution in [1.29, 1.82) is 0 Å². The summed E-state index contributed by atoms with van der Waals surface area (Å²) in [5.41, 5.74) is 10.8. The molecule has 1 fully saturated rings. The fourth-order valence-electron chi connectivity index (χ4n) is 4.92. The molecule has 0 aliphatic carbocycles. The quantitative estimate of drug-likeness (QED) is 0.234. The first-order valence-electron chi connectivity index (χ1n) is 12.4. The Balaban J connectivity index is 1.42. The predicted octanol–water partition coefficient (Wildman–Crippen LogP) is 8.68. The molecule has 0 amide bonds. The molecule has 1 saturated heterocycles. The molecule has 0 radical (unpaired) electrons. The van der Waals surface area contributed by atoms with E-state index in [-0.39, 0.29) is 0 Å².